The van der Waals surface area contributed by atoms with Crippen molar-refractivity contribution in [2.24, 2.45) is 0 Å². The first-order valence-electron chi connectivity index (χ1n) is 18.0. The Morgan fingerprint density at radius 3 is 1.33 bits per heavy atom. The highest BCUT2D eigenvalue weighted by Gasteiger charge is 2.19. The minimum atomic E-state index is 1.21. The Balaban J connectivity index is 1.24. The summed E-state index contributed by atoms with van der Waals surface area (Å²) in [4.78, 5) is 0. The van der Waals surface area contributed by atoms with Gasteiger partial charge in [-0.2, -0.15) is 0 Å². The highest BCUT2D eigenvalue weighted by molar-refractivity contribution is 6.22. The van der Waals surface area contributed by atoms with Gasteiger partial charge in [0.25, 0.3) is 0 Å². The monoisotopic (exact) mass is 658 g/mol. The molecule has 0 saturated carbocycles. The first-order chi connectivity index (χ1) is 25.8. The van der Waals surface area contributed by atoms with Crippen molar-refractivity contribution >= 4 is 43.1 Å². The summed E-state index contributed by atoms with van der Waals surface area (Å²) in [5, 5.41) is 10.1. The molecule has 242 valence electrons. The fraction of sp³-hybridized carbons (Fsp3) is 0. The minimum Gasteiger partial charge on any atom is -0.0622 e. The van der Waals surface area contributed by atoms with Crippen molar-refractivity contribution in [3.8, 4) is 55.6 Å². The molecule has 0 heteroatoms. The smallest absolute Gasteiger partial charge is 0.00201 e. The highest BCUT2D eigenvalue weighted by Crippen LogP contribution is 2.46. The Hall–Kier alpha value is -6.76. The molecule has 0 heterocycles. The molecule has 52 heavy (non-hydrogen) atoms. The zero-order valence-electron chi connectivity index (χ0n) is 28.6. The third-order valence-corrected chi connectivity index (χ3v) is 10.6. The fourth-order valence-corrected chi connectivity index (χ4v) is 8.12. The molecule has 10 rings (SSSR count). The normalized spacial score (nSPS) is 11.5. The van der Waals surface area contributed by atoms with Crippen molar-refractivity contribution in [3.63, 3.8) is 0 Å². The summed E-state index contributed by atoms with van der Waals surface area (Å²) in [5.74, 6) is 0. The third kappa shape index (κ3) is 5.16. The van der Waals surface area contributed by atoms with Gasteiger partial charge in [0.2, 0.25) is 0 Å². The lowest BCUT2D eigenvalue weighted by atomic mass is 9.83. The summed E-state index contributed by atoms with van der Waals surface area (Å²) in [7, 11) is 0. The van der Waals surface area contributed by atoms with E-state index in [0.29, 0.717) is 0 Å². The maximum atomic E-state index is 2.42. The molecular formula is C52H34. The first kappa shape index (κ1) is 30.1. The van der Waals surface area contributed by atoms with Gasteiger partial charge in [0.15, 0.2) is 0 Å². The summed E-state index contributed by atoms with van der Waals surface area (Å²) in [5.41, 5.74) is 12.3. The lowest BCUT2D eigenvalue weighted by Crippen LogP contribution is -1.93. The van der Waals surface area contributed by atoms with E-state index in [0.717, 1.165) is 0 Å². The number of fused-ring (bicyclic) bond motifs is 5. The molecule has 0 aliphatic heterocycles. The van der Waals surface area contributed by atoms with Crippen LogP contribution in [0.4, 0.5) is 0 Å². The summed E-state index contributed by atoms with van der Waals surface area (Å²) in [6.45, 7) is 0. The van der Waals surface area contributed by atoms with Crippen LogP contribution in [0.2, 0.25) is 0 Å². The van der Waals surface area contributed by atoms with E-state index in [2.05, 4.69) is 206 Å². The molecular weight excluding hydrogens is 625 g/mol. The molecule has 10 aromatic carbocycles. The van der Waals surface area contributed by atoms with E-state index in [9.17, 15) is 0 Å². The number of benzene rings is 10. The molecule has 0 unspecified atom stereocenters. The van der Waals surface area contributed by atoms with Crippen molar-refractivity contribution in [3.05, 3.63) is 206 Å². The zero-order valence-corrected chi connectivity index (χ0v) is 28.6. The molecule has 0 nitrogen and oxygen atoms in total. The van der Waals surface area contributed by atoms with E-state index >= 15 is 0 Å². The van der Waals surface area contributed by atoms with E-state index in [1.54, 1.807) is 0 Å². The van der Waals surface area contributed by atoms with Gasteiger partial charge in [-0.15, -0.1) is 0 Å². The summed E-state index contributed by atoms with van der Waals surface area (Å²) in [6.07, 6.45) is 0. The van der Waals surface area contributed by atoms with Crippen molar-refractivity contribution in [2.75, 3.05) is 0 Å². The topological polar surface area (TPSA) is 0 Å². The van der Waals surface area contributed by atoms with Crippen LogP contribution >= 0.6 is 0 Å². The Bertz CT molecular complexity index is 2930. The van der Waals surface area contributed by atoms with Gasteiger partial charge < -0.3 is 0 Å². The van der Waals surface area contributed by atoms with Crippen molar-refractivity contribution in [1.29, 1.82) is 0 Å². The van der Waals surface area contributed by atoms with Crippen LogP contribution in [0.5, 0.6) is 0 Å². The summed E-state index contributed by atoms with van der Waals surface area (Å²) >= 11 is 0. The van der Waals surface area contributed by atoms with Crippen LogP contribution in [0.15, 0.2) is 206 Å². The van der Waals surface area contributed by atoms with Crippen molar-refractivity contribution in [1.82, 2.24) is 0 Å². The molecule has 0 atom stereocenters. The van der Waals surface area contributed by atoms with Crippen LogP contribution in [-0.2, 0) is 0 Å². The molecule has 0 aliphatic carbocycles. The second-order valence-electron chi connectivity index (χ2n) is 13.7. The fourth-order valence-electron chi connectivity index (χ4n) is 8.12. The zero-order chi connectivity index (χ0) is 34.4. The van der Waals surface area contributed by atoms with Gasteiger partial charge in [0.1, 0.15) is 0 Å². The molecule has 0 aromatic heterocycles. The van der Waals surface area contributed by atoms with Crippen LogP contribution in [-0.4, -0.2) is 0 Å². The number of rotatable bonds is 5. The van der Waals surface area contributed by atoms with E-state index < -0.39 is 0 Å². The van der Waals surface area contributed by atoms with E-state index in [1.165, 1.54) is 98.7 Å². The Labute approximate surface area is 303 Å². The Morgan fingerprint density at radius 1 is 0.192 bits per heavy atom. The van der Waals surface area contributed by atoms with E-state index in [4.69, 9.17) is 0 Å². The maximum absolute atomic E-state index is 2.42. The predicted molar refractivity (Wildman–Crippen MR) is 224 cm³/mol. The quantitative estimate of drug-likeness (QED) is 0.161. The van der Waals surface area contributed by atoms with Crippen LogP contribution in [0.25, 0.3) is 98.7 Å². The van der Waals surface area contributed by atoms with Gasteiger partial charge in [-0.25, -0.2) is 0 Å². The van der Waals surface area contributed by atoms with E-state index in [-0.39, 0.29) is 0 Å². The Kier molecular flexibility index (Phi) is 7.25. The lowest BCUT2D eigenvalue weighted by Gasteiger charge is -2.20. The van der Waals surface area contributed by atoms with Gasteiger partial charge in [-0.05, 0) is 123 Å². The molecule has 0 saturated heterocycles. The lowest BCUT2D eigenvalue weighted by molar-refractivity contribution is 1.60. The summed E-state index contributed by atoms with van der Waals surface area (Å²) in [6, 6.07) is 75.6. The largest absolute Gasteiger partial charge is 0.0622 e. The van der Waals surface area contributed by atoms with Crippen LogP contribution < -0.4 is 0 Å². The SMILES string of the molecule is c1ccc(-c2c(-c3ccccc3)c3cc(-c4ccc5ccccc5c4)ccc3c3ccc(-c4cccc(-c5cccc6ccccc56)c4)cc23)cc1. The van der Waals surface area contributed by atoms with Gasteiger partial charge in [0.05, 0.1) is 0 Å². The van der Waals surface area contributed by atoms with Gasteiger partial charge in [0, 0.05) is 0 Å². The average Bonchev–Trinajstić information content (AvgIpc) is 3.23. The molecule has 10 aromatic rings. The molecule has 0 N–H and O–H groups in total. The first-order valence-corrected chi connectivity index (χ1v) is 18.0. The standard InChI is InChI=1S/C52H34/c1-3-15-37(16-4-1)51-49-33-42(40-21-11-22-44(32-40)46-24-12-20-36-14-9-10-23-45(36)46)27-29-47(49)48-30-28-43(34-50(48)52(51)38-17-5-2-6-18-38)41-26-25-35-13-7-8-19-39(35)31-41/h1-34H. The predicted octanol–water partition coefficient (Wildman–Crippen LogP) is 14.6. The number of hydrogen-bond donors (Lipinski definition) is 0. The minimum absolute atomic E-state index is 1.21. The summed E-state index contributed by atoms with van der Waals surface area (Å²) < 4.78 is 0. The van der Waals surface area contributed by atoms with Gasteiger partial charge in [-0.3, -0.25) is 0 Å². The molecule has 0 spiro atoms. The van der Waals surface area contributed by atoms with Crippen molar-refractivity contribution in [2.45, 2.75) is 0 Å². The molecule has 0 radical (unpaired) electrons. The molecule has 0 aliphatic rings. The molecule has 0 fully saturated rings. The van der Waals surface area contributed by atoms with Gasteiger partial charge >= 0.3 is 0 Å². The third-order valence-electron chi connectivity index (χ3n) is 10.6. The number of hydrogen-bond acceptors (Lipinski definition) is 0. The van der Waals surface area contributed by atoms with E-state index in [1.807, 2.05) is 0 Å². The van der Waals surface area contributed by atoms with Crippen molar-refractivity contribution < 1.29 is 0 Å². The van der Waals surface area contributed by atoms with Gasteiger partial charge in [-0.1, -0.05) is 182 Å². The highest BCUT2D eigenvalue weighted by atomic mass is 14.2. The maximum Gasteiger partial charge on any atom is -0.00201 e. The van der Waals surface area contributed by atoms with Crippen LogP contribution in [0, 0.1) is 0 Å². The molecule has 0 bridgehead atoms. The average molecular weight is 659 g/mol. The Morgan fingerprint density at radius 2 is 0.654 bits per heavy atom. The molecule has 0 amide bonds. The second kappa shape index (κ2) is 12.5. The second-order valence-corrected chi connectivity index (χ2v) is 13.7. The van der Waals surface area contributed by atoms with Crippen LogP contribution in [0.3, 0.4) is 0 Å². The van der Waals surface area contributed by atoms with Crippen LogP contribution in [0.1, 0.15) is 0 Å².